The first-order chi connectivity index (χ1) is 10.0. The maximum absolute atomic E-state index is 12.4. The summed E-state index contributed by atoms with van der Waals surface area (Å²) in [6.45, 7) is 3.13. The molecule has 0 spiro atoms. The number of aliphatic hydroxyl groups excluding tert-OH is 1. The molecule has 0 aliphatic carbocycles. The molecule has 0 radical (unpaired) electrons. The van der Waals surface area contributed by atoms with Gasteiger partial charge in [0.2, 0.25) is 0 Å². The Morgan fingerprint density at radius 3 is 2.90 bits per heavy atom. The Hall–Kier alpha value is -0.970. The van der Waals surface area contributed by atoms with E-state index in [2.05, 4.69) is 0 Å². The van der Waals surface area contributed by atoms with Crippen molar-refractivity contribution in [3.05, 3.63) is 28.2 Å². The molecule has 1 aromatic rings. The molecule has 21 heavy (non-hydrogen) atoms. The van der Waals surface area contributed by atoms with Crippen molar-refractivity contribution in [2.24, 2.45) is 5.92 Å². The number of hydrogen-bond donors (Lipinski definition) is 1. The number of ether oxygens (including phenoxy) is 1. The van der Waals surface area contributed by atoms with Crippen LogP contribution in [-0.2, 0) is 4.79 Å². The van der Waals surface area contributed by atoms with Crippen molar-refractivity contribution in [2.75, 3.05) is 19.7 Å². The molecule has 6 heteroatoms. The number of rotatable bonds is 4. The third-order valence-electron chi connectivity index (χ3n) is 3.64. The van der Waals surface area contributed by atoms with Gasteiger partial charge in [-0.1, -0.05) is 23.2 Å². The third-order valence-corrected chi connectivity index (χ3v) is 4.38. The van der Waals surface area contributed by atoms with Crippen LogP contribution in [0.25, 0.3) is 0 Å². The molecular weight excluding hydrogens is 313 g/mol. The average Bonchev–Trinajstić information content (AvgIpc) is 2.50. The minimum Gasteiger partial charge on any atom is -0.481 e. The molecule has 2 rings (SSSR count). The van der Waals surface area contributed by atoms with E-state index in [1.54, 1.807) is 30.0 Å². The molecule has 0 aromatic heterocycles. The maximum Gasteiger partial charge on any atom is 0.263 e. The van der Waals surface area contributed by atoms with Crippen LogP contribution in [0.15, 0.2) is 18.2 Å². The first-order valence-corrected chi connectivity index (χ1v) is 7.78. The van der Waals surface area contributed by atoms with Gasteiger partial charge < -0.3 is 14.7 Å². The van der Waals surface area contributed by atoms with Gasteiger partial charge in [0.05, 0.1) is 10.0 Å². The van der Waals surface area contributed by atoms with Crippen molar-refractivity contribution < 1.29 is 14.6 Å². The van der Waals surface area contributed by atoms with Crippen molar-refractivity contribution >= 4 is 29.1 Å². The fourth-order valence-corrected chi connectivity index (χ4v) is 2.76. The van der Waals surface area contributed by atoms with Crippen molar-refractivity contribution in [3.8, 4) is 5.75 Å². The van der Waals surface area contributed by atoms with Crippen LogP contribution in [-0.4, -0.2) is 41.7 Å². The van der Waals surface area contributed by atoms with Crippen LogP contribution in [0.1, 0.15) is 19.8 Å². The van der Waals surface area contributed by atoms with Crippen LogP contribution in [0, 0.1) is 5.92 Å². The number of carbonyl (C=O) groups excluding carboxylic acids is 1. The van der Waals surface area contributed by atoms with Crippen LogP contribution in [0.3, 0.4) is 0 Å². The number of aliphatic hydroxyl groups is 1. The number of likely N-dealkylation sites (tertiary alicyclic amines) is 1. The Morgan fingerprint density at radius 2 is 2.24 bits per heavy atom. The highest BCUT2D eigenvalue weighted by molar-refractivity contribution is 6.42. The van der Waals surface area contributed by atoms with Crippen molar-refractivity contribution in [1.82, 2.24) is 4.90 Å². The topological polar surface area (TPSA) is 49.8 Å². The van der Waals surface area contributed by atoms with Crippen LogP contribution < -0.4 is 4.74 Å². The lowest BCUT2D eigenvalue weighted by molar-refractivity contribution is -0.140. The summed E-state index contributed by atoms with van der Waals surface area (Å²) in [4.78, 5) is 14.1. The summed E-state index contributed by atoms with van der Waals surface area (Å²) in [5, 5.41) is 10.1. The first-order valence-electron chi connectivity index (χ1n) is 7.02. The minimum atomic E-state index is -0.598. The molecule has 1 saturated heterocycles. The molecule has 4 nitrogen and oxygen atoms in total. The second kappa shape index (κ2) is 7.34. The Bertz CT molecular complexity index is 510. The molecule has 1 aromatic carbocycles. The zero-order chi connectivity index (χ0) is 15.4. The van der Waals surface area contributed by atoms with Crippen molar-refractivity contribution in [3.63, 3.8) is 0 Å². The Labute approximate surface area is 134 Å². The lowest BCUT2D eigenvalue weighted by Gasteiger charge is -2.33. The van der Waals surface area contributed by atoms with Crippen molar-refractivity contribution in [2.45, 2.75) is 25.9 Å². The van der Waals surface area contributed by atoms with Gasteiger partial charge in [0.15, 0.2) is 6.10 Å². The summed E-state index contributed by atoms with van der Waals surface area (Å²) in [5.41, 5.74) is 0. The first kappa shape index (κ1) is 16.4. The second-order valence-electron chi connectivity index (χ2n) is 5.31. The predicted molar refractivity (Wildman–Crippen MR) is 82.9 cm³/mol. The third kappa shape index (κ3) is 4.25. The second-order valence-corrected chi connectivity index (χ2v) is 6.13. The molecular formula is C15H19Cl2NO3. The van der Waals surface area contributed by atoms with Gasteiger partial charge in [0, 0.05) is 25.8 Å². The number of piperidine rings is 1. The predicted octanol–water partition coefficient (Wildman–Crippen LogP) is 2.99. The minimum absolute atomic E-state index is 0.0702. The molecule has 2 unspecified atom stereocenters. The van der Waals surface area contributed by atoms with Gasteiger partial charge in [-0.3, -0.25) is 4.79 Å². The van der Waals surface area contributed by atoms with Gasteiger partial charge in [0.1, 0.15) is 5.75 Å². The summed E-state index contributed by atoms with van der Waals surface area (Å²) < 4.78 is 5.64. The monoisotopic (exact) mass is 331 g/mol. The van der Waals surface area contributed by atoms with E-state index in [0.29, 0.717) is 28.9 Å². The van der Waals surface area contributed by atoms with E-state index < -0.39 is 6.10 Å². The summed E-state index contributed by atoms with van der Waals surface area (Å²) in [6, 6.07) is 4.92. The number of carbonyl (C=O) groups is 1. The van der Waals surface area contributed by atoms with E-state index in [1.807, 2.05) is 0 Å². The number of amides is 1. The molecule has 2 atom stereocenters. The van der Waals surface area contributed by atoms with E-state index in [1.165, 1.54) is 0 Å². The molecule has 1 heterocycles. The normalized spacial score (nSPS) is 20.2. The quantitative estimate of drug-likeness (QED) is 0.922. The van der Waals surface area contributed by atoms with E-state index in [9.17, 15) is 9.90 Å². The van der Waals surface area contributed by atoms with Crippen LogP contribution in [0.5, 0.6) is 5.75 Å². The van der Waals surface area contributed by atoms with Gasteiger partial charge in [-0.25, -0.2) is 0 Å². The number of nitrogens with zero attached hydrogens (tertiary/aromatic N) is 1. The Kier molecular flexibility index (Phi) is 5.73. The van der Waals surface area contributed by atoms with Crippen LogP contribution in [0.4, 0.5) is 0 Å². The standard InChI is InChI=1S/C15H19Cl2NO3/c1-10(21-12-4-5-13(16)14(17)7-12)15(20)18-6-2-3-11(8-18)9-19/h4-5,7,10-11,19H,2-3,6,8-9H2,1H3. The molecule has 1 fully saturated rings. The zero-order valence-corrected chi connectivity index (χ0v) is 13.4. The van der Waals surface area contributed by atoms with Gasteiger partial charge in [0.25, 0.3) is 5.91 Å². The molecule has 1 aliphatic heterocycles. The van der Waals surface area contributed by atoms with Gasteiger partial charge in [-0.2, -0.15) is 0 Å². The summed E-state index contributed by atoms with van der Waals surface area (Å²) in [5.74, 6) is 0.611. The van der Waals surface area contributed by atoms with Crippen molar-refractivity contribution in [1.29, 1.82) is 0 Å². The van der Waals surface area contributed by atoms with E-state index >= 15 is 0 Å². The zero-order valence-electron chi connectivity index (χ0n) is 11.9. The molecule has 0 saturated carbocycles. The highest BCUT2D eigenvalue weighted by Gasteiger charge is 2.27. The van der Waals surface area contributed by atoms with E-state index in [-0.39, 0.29) is 18.4 Å². The highest BCUT2D eigenvalue weighted by Crippen LogP contribution is 2.27. The molecule has 116 valence electrons. The lowest BCUT2D eigenvalue weighted by atomic mass is 9.99. The Balaban J connectivity index is 1.97. The SMILES string of the molecule is CC(Oc1ccc(Cl)c(Cl)c1)C(=O)N1CCCC(CO)C1. The lowest BCUT2D eigenvalue weighted by Crippen LogP contribution is -2.46. The fourth-order valence-electron chi connectivity index (χ4n) is 2.48. The largest absolute Gasteiger partial charge is 0.481 e. The molecule has 1 amide bonds. The molecule has 1 N–H and O–H groups in total. The number of hydrogen-bond acceptors (Lipinski definition) is 3. The van der Waals surface area contributed by atoms with Gasteiger partial charge >= 0.3 is 0 Å². The van der Waals surface area contributed by atoms with Crippen LogP contribution >= 0.6 is 23.2 Å². The highest BCUT2D eigenvalue weighted by atomic mass is 35.5. The van der Waals surface area contributed by atoms with Gasteiger partial charge in [-0.05, 0) is 37.8 Å². The van der Waals surface area contributed by atoms with Crippen LogP contribution in [0.2, 0.25) is 10.0 Å². The van der Waals surface area contributed by atoms with E-state index in [4.69, 9.17) is 27.9 Å². The average molecular weight is 332 g/mol. The number of halogens is 2. The summed E-state index contributed by atoms with van der Waals surface area (Å²) in [6.07, 6.45) is 1.28. The summed E-state index contributed by atoms with van der Waals surface area (Å²) >= 11 is 11.8. The fraction of sp³-hybridized carbons (Fsp3) is 0.533. The van der Waals surface area contributed by atoms with E-state index in [0.717, 1.165) is 12.8 Å². The molecule has 1 aliphatic rings. The summed E-state index contributed by atoms with van der Waals surface area (Å²) in [7, 11) is 0. The maximum atomic E-state index is 12.4. The Morgan fingerprint density at radius 1 is 1.48 bits per heavy atom. The smallest absolute Gasteiger partial charge is 0.263 e. The molecule has 0 bridgehead atoms. The number of benzene rings is 1. The van der Waals surface area contributed by atoms with Gasteiger partial charge in [-0.15, -0.1) is 0 Å².